The standard InChI is InChI=1S/C19H22O2P/c1-4-5-9-16-12-14(2)18(15(3)13-16)19(20)22(21)17-10-7-6-8-11-17/h6-8,10-13H,4-5,9H2,1-3H3/q+1. The normalized spacial score (nSPS) is 11.3. The van der Waals surface area contributed by atoms with Crippen molar-refractivity contribution in [2.24, 2.45) is 0 Å². The van der Waals surface area contributed by atoms with Crippen LogP contribution >= 0.6 is 7.80 Å². The van der Waals surface area contributed by atoms with Crippen molar-refractivity contribution in [1.29, 1.82) is 0 Å². The Morgan fingerprint density at radius 3 is 2.18 bits per heavy atom. The van der Waals surface area contributed by atoms with Crippen molar-refractivity contribution in [3.05, 3.63) is 64.7 Å². The van der Waals surface area contributed by atoms with Crippen molar-refractivity contribution < 1.29 is 9.36 Å². The van der Waals surface area contributed by atoms with Gasteiger partial charge in [0.1, 0.15) is 0 Å². The molecule has 2 rings (SSSR count). The molecule has 0 N–H and O–H groups in total. The summed E-state index contributed by atoms with van der Waals surface area (Å²) in [6.45, 7) is 6.04. The van der Waals surface area contributed by atoms with Crippen LogP contribution in [0.5, 0.6) is 0 Å². The molecular weight excluding hydrogens is 291 g/mol. The molecule has 0 bridgehead atoms. The van der Waals surface area contributed by atoms with E-state index in [1.54, 1.807) is 12.1 Å². The Kier molecular flexibility index (Phi) is 5.63. The van der Waals surface area contributed by atoms with Crippen molar-refractivity contribution in [1.82, 2.24) is 0 Å². The molecule has 0 fully saturated rings. The number of benzene rings is 2. The van der Waals surface area contributed by atoms with E-state index in [0.29, 0.717) is 10.9 Å². The molecule has 2 aromatic carbocycles. The van der Waals surface area contributed by atoms with Crippen LogP contribution in [0.2, 0.25) is 0 Å². The molecule has 0 heterocycles. The maximum absolute atomic E-state index is 12.6. The summed E-state index contributed by atoms with van der Waals surface area (Å²) in [6.07, 6.45) is 3.32. The first kappa shape index (κ1) is 16.6. The van der Waals surface area contributed by atoms with E-state index in [0.717, 1.165) is 30.4 Å². The van der Waals surface area contributed by atoms with E-state index in [2.05, 4.69) is 19.1 Å². The van der Waals surface area contributed by atoms with Crippen LogP contribution in [0.4, 0.5) is 0 Å². The third-order valence-electron chi connectivity index (χ3n) is 3.80. The van der Waals surface area contributed by atoms with E-state index in [-0.39, 0.29) is 5.52 Å². The minimum absolute atomic E-state index is 0.266. The van der Waals surface area contributed by atoms with Crippen LogP contribution < -0.4 is 5.30 Å². The molecule has 0 aromatic heterocycles. The minimum atomic E-state index is -2.06. The molecule has 114 valence electrons. The van der Waals surface area contributed by atoms with Gasteiger partial charge in [-0.3, -0.25) is 0 Å². The van der Waals surface area contributed by atoms with Crippen LogP contribution in [0.25, 0.3) is 0 Å². The highest BCUT2D eigenvalue weighted by atomic mass is 31.1. The first-order chi connectivity index (χ1) is 10.5. The number of unbranched alkanes of at least 4 members (excludes halogenated alkanes) is 1. The highest BCUT2D eigenvalue weighted by Gasteiger charge is 2.34. The lowest BCUT2D eigenvalue weighted by Gasteiger charge is -2.08. The lowest BCUT2D eigenvalue weighted by Crippen LogP contribution is -2.07. The van der Waals surface area contributed by atoms with Gasteiger partial charge < -0.3 is 0 Å². The zero-order chi connectivity index (χ0) is 16.1. The average molecular weight is 313 g/mol. The molecule has 2 aromatic rings. The van der Waals surface area contributed by atoms with Crippen molar-refractivity contribution in [3.63, 3.8) is 0 Å². The Morgan fingerprint density at radius 1 is 1.05 bits per heavy atom. The van der Waals surface area contributed by atoms with Crippen molar-refractivity contribution >= 4 is 18.6 Å². The summed E-state index contributed by atoms with van der Waals surface area (Å²) in [6, 6.07) is 13.1. The topological polar surface area (TPSA) is 34.1 Å². The molecule has 0 amide bonds. The maximum Gasteiger partial charge on any atom is 0.458 e. The molecule has 0 aliphatic rings. The van der Waals surface area contributed by atoms with Gasteiger partial charge in [0.25, 0.3) is 0 Å². The number of rotatable bonds is 6. The molecule has 0 radical (unpaired) electrons. The summed E-state index contributed by atoms with van der Waals surface area (Å²) in [5.41, 5.74) is 3.46. The van der Waals surface area contributed by atoms with Gasteiger partial charge in [0.15, 0.2) is 5.30 Å². The number of carbonyl (C=O) groups excluding carboxylic acids is 1. The Morgan fingerprint density at radius 2 is 1.64 bits per heavy atom. The zero-order valence-electron chi connectivity index (χ0n) is 13.4. The first-order valence-corrected chi connectivity index (χ1v) is 8.97. The van der Waals surface area contributed by atoms with Gasteiger partial charge in [0.2, 0.25) is 0 Å². The van der Waals surface area contributed by atoms with Gasteiger partial charge in [-0.15, -0.1) is 0 Å². The van der Waals surface area contributed by atoms with Crippen LogP contribution in [0, 0.1) is 13.8 Å². The summed E-state index contributed by atoms with van der Waals surface area (Å²) < 4.78 is 12.5. The molecule has 0 aliphatic heterocycles. The molecule has 1 unspecified atom stereocenters. The zero-order valence-corrected chi connectivity index (χ0v) is 14.3. The van der Waals surface area contributed by atoms with Crippen molar-refractivity contribution in [2.75, 3.05) is 0 Å². The van der Waals surface area contributed by atoms with Crippen LogP contribution in [0.15, 0.2) is 42.5 Å². The second kappa shape index (κ2) is 7.47. The van der Waals surface area contributed by atoms with Crippen LogP contribution in [-0.2, 0) is 11.0 Å². The highest BCUT2D eigenvalue weighted by molar-refractivity contribution is 7.71. The van der Waals surface area contributed by atoms with Gasteiger partial charge in [-0.2, -0.15) is 0 Å². The van der Waals surface area contributed by atoms with Crippen molar-refractivity contribution in [2.45, 2.75) is 40.0 Å². The van der Waals surface area contributed by atoms with E-state index in [4.69, 9.17) is 0 Å². The third-order valence-corrected chi connectivity index (χ3v) is 5.16. The second-order valence-corrected chi connectivity index (χ2v) is 7.15. The average Bonchev–Trinajstić information content (AvgIpc) is 2.52. The summed E-state index contributed by atoms with van der Waals surface area (Å²) in [5.74, 6) is 0. The monoisotopic (exact) mass is 313 g/mol. The largest absolute Gasteiger partial charge is 0.458 e. The molecule has 22 heavy (non-hydrogen) atoms. The summed E-state index contributed by atoms with van der Waals surface area (Å²) in [7, 11) is -2.06. The molecule has 3 heteroatoms. The van der Waals surface area contributed by atoms with E-state index in [1.807, 2.05) is 32.0 Å². The Balaban J connectivity index is 2.32. The van der Waals surface area contributed by atoms with Gasteiger partial charge in [-0.25, -0.2) is 4.79 Å². The molecule has 1 atom stereocenters. The van der Waals surface area contributed by atoms with Gasteiger partial charge in [-0.1, -0.05) is 48.2 Å². The van der Waals surface area contributed by atoms with E-state index in [9.17, 15) is 9.36 Å². The predicted octanol–water partition coefficient (Wildman–Crippen LogP) is 4.94. The number of hydrogen-bond donors (Lipinski definition) is 0. The lowest BCUT2D eigenvalue weighted by molar-refractivity contribution is 0.107. The fraction of sp³-hybridized carbons (Fsp3) is 0.316. The number of hydrogen-bond acceptors (Lipinski definition) is 2. The fourth-order valence-corrected chi connectivity index (χ4v) is 3.93. The number of carbonyl (C=O) groups is 1. The summed E-state index contributed by atoms with van der Waals surface area (Å²) in [5, 5.41) is 0.594. The second-order valence-electron chi connectivity index (χ2n) is 5.64. The Labute approximate surface area is 133 Å². The Hall–Kier alpha value is -1.79. The molecule has 2 nitrogen and oxygen atoms in total. The highest BCUT2D eigenvalue weighted by Crippen LogP contribution is 2.30. The van der Waals surface area contributed by atoms with Gasteiger partial charge >= 0.3 is 13.3 Å². The van der Waals surface area contributed by atoms with Crippen LogP contribution in [0.1, 0.15) is 46.8 Å². The molecule has 0 saturated heterocycles. The SMILES string of the molecule is CCCCc1cc(C)c(C(=O)[P+](=O)c2ccccc2)c(C)c1. The van der Waals surface area contributed by atoms with Gasteiger partial charge in [0.05, 0.1) is 5.56 Å². The number of aryl methyl sites for hydroxylation is 3. The summed E-state index contributed by atoms with van der Waals surface area (Å²) in [4.78, 5) is 12.6. The molecule has 0 aliphatic carbocycles. The van der Waals surface area contributed by atoms with Crippen LogP contribution in [0.3, 0.4) is 0 Å². The molecule has 0 spiro atoms. The van der Waals surface area contributed by atoms with Gasteiger partial charge in [0, 0.05) is 0 Å². The van der Waals surface area contributed by atoms with E-state index >= 15 is 0 Å². The van der Waals surface area contributed by atoms with Gasteiger partial charge in [-0.05, 0) is 55.5 Å². The van der Waals surface area contributed by atoms with E-state index < -0.39 is 7.80 Å². The Bertz CT molecular complexity index is 667. The van der Waals surface area contributed by atoms with Crippen molar-refractivity contribution in [3.8, 4) is 0 Å². The first-order valence-electron chi connectivity index (χ1n) is 7.71. The van der Waals surface area contributed by atoms with Crippen LogP contribution in [-0.4, -0.2) is 5.52 Å². The van der Waals surface area contributed by atoms with E-state index in [1.165, 1.54) is 5.56 Å². The smallest absolute Gasteiger partial charge is 0.234 e. The minimum Gasteiger partial charge on any atom is -0.234 e. The predicted molar refractivity (Wildman–Crippen MR) is 92.5 cm³/mol. The third kappa shape index (κ3) is 3.69. The summed E-state index contributed by atoms with van der Waals surface area (Å²) >= 11 is 0. The lowest BCUT2D eigenvalue weighted by atomic mass is 9.97. The quantitative estimate of drug-likeness (QED) is 0.708. The fourth-order valence-electron chi connectivity index (χ4n) is 2.70. The molecule has 0 saturated carbocycles. The maximum atomic E-state index is 12.6. The molecular formula is C19H22O2P+.